The lowest BCUT2D eigenvalue weighted by molar-refractivity contribution is -0.116. The maximum absolute atomic E-state index is 12.4. The first kappa shape index (κ1) is 15.2. The van der Waals surface area contributed by atoms with Gasteiger partial charge in [-0.25, -0.2) is 0 Å². The molecule has 21 heavy (non-hydrogen) atoms. The van der Waals surface area contributed by atoms with Crippen molar-refractivity contribution in [1.82, 2.24) is 4.98 Å². The molecule has 112 valence electrons. The minimum Gasteiger partial charge on any atom is -0.511 e. The Morgan fingerprint density at radius 3 is 2.67 bits per heavy atom. The van der Waals surface area contributed by atoms with Crippen molar-refractivity contribution < 1.29 is 14.7 Å². The molecule has 0 saturated heterocycles. The molecule has 5 nitrogen and oxygen atoms in total. The highest BCUT2D eigenvalue weighted by Crippen LogP contribution is 2.34. The van der Waals surface area contributed by atoms with Gasteiger partial charge in [0.15, 0.2) is 5.78 Å². The molecule has 0 fully saturated rings. The normalized spacial score (nSPS) is 19.8. The molecule has 0 radical (unpaired) electrons. The average Bonchev–Trinajstić information content (AvgIpc) is 2.50. The van der Waals surface area contributed by atoms with Crippen LogP contribution in [-0.4, -0.2) is 28.2 Å². The van der Waals surface area contributed by atoms with Gasteiger partial charge >= 0.3 is 0 Å². The van der Waals surface area contributed by atoms with E-state index in [2.05, 4.69) is 10.1 Å². The molecule has 0 saturated carbocycles. The van der Waals surface area contributed by atoms with Crippen LogP contribution in [0.2, 0.25) is 0 Å². The number of aliphatic hydroxyl groups excluding tert-OH is 1. The molecular weight excluding hydrogens is 268 g/mol. The predicted octanol–water partition coefficient (Wildman–Crippen LogP) is 3.14. The Balaban J connectivity index is 2.27. The summed E-state index contributed by atoms with van der Waals surface area (Å²) in [5, 5.41) is 14.2. The van der Waals surface area contributed by atoms with E-state index in [-0.39, 0.29) is 17.5 Å². The second-order valence-electron chi connectivity index (χ2n) is 4.94. The highest BCUT2D eigenvalue weighted by molar-refractivity contribution is 6.23. The maximum Gasteiger partial charge on any atom is 0.168 e. The van der Waals surface area contributed by atoms with Crippen molar-refractivity contribution in [3.63, 3.8) is 0 Å². The molecule has 1 aromatic rings. The minimum absolute atomic E-state index is 0.00514. The number of aliphatic hydroxyl groups is 1. The fourth-order valence-corrected chi connectivity index (χ4v) is 2.52. The Labute approximate surface area is 124 Å². The third-order valence-corrected chi connectivity index (χ3v) is 3.54. The monoisotopic (exact) mass is 288 g/mol. The molecule has 2 rings (SSSR count). The predicted molar refractivity (Wildman–Crippen MR) is 80.2 cm³/mol. The number of aromatic nitrogens is 1. The van der Waals surface area contributed by atoms with Crippen LogP contribution in [0.25, 0.3) is 0 Å². The van der Waals surface area contributed by atoms with Gasteiger partial charge in [-0.2, -0.15) is 0 Å². The summed E-state index contributed by atoms with van der Waals surface area (Å²) in [6.07, 6.45) is 4.75. The number of oxime groups is 1. The summed E-state index contributed by atoms with van der Waals surface area (Å²) in [6.45, 7) is 4.15. The van der Waals surface area contributed by atoms with Crippen LogP contribution >= 0.6 is 0 Å². The molecule has 0 spiro atoms. The van der Waals surface area contributed by atoms with E-state index in [0.717, 1.165) is 5.56 Å². The Morgan fingerprint density at radius 2 is 2.10 bits per heavy atom. The van der Waals surface area contributed by atoms with Gasteiger partial charge in [0.05, 0.1) is 11.3 Å². The fraction of sp³-hybridized carbons (Fsp3) is 0.438. The first-order valence-electron chi connectivity index (χ1n) is 7.21. The van der Waals surface area contributed by atoms with E-state index in [9.17, 15) is 9.90 Å². The summed E-state index contributed by atoms with van der Waals surface area (Å²) < 4.78 is 0. The van der Waals surface area contributed by atoms with E-state index in [1.165, 1.54) is 0 Å². The zero-order chi connectivity index (χ0) is 15.2. The quantitative estimate of drug-likeness (QED) is 0.667. The van der Waals surface area contributed by atoms with E-state index < -0.39 is 0 Å². The molecule has 1 N–H and O–H groups in total. The summed E-state index contributed by atoms with van der Waals surface area (Å²) in [7, 11) is 0. The Hall–Kier alpha value is -2.17. The van der Waals surface area contributed by atoms with Crippen LogP contribution in [0.15, 0.2) is 41.0 Å². The Morgan fingerprint density at radius 1 is 1.38 bits per heavy atom. The molecule has 0 amide bonds. The molecule has 1 heterocycles. The molecule has 1 aliphatic carbocycles. The summed E-state index contributed by atoms with van der Waals surface area (Å²) in [6, 6.07) is 3.76. The van der Waals surface area contributed by atoms with Crippen LogP contribution < -0.4 is 0 Å². The van der Waals surface area contributed by atoms with Crippen molar-refractivity contribution in [2.75, 3.05) is 6.61 Å². The number of pyridine rings is 1. The zero-order valence-corrected chi connectivity index (χ0v) is 12.4. The summed E-state index contributed by atoms with van der Waals surface area (Å²) in [4.78, 5) is 21.4. The first-order chi connectivity index (χ1) is 10.2. The number of carbonyl (C=O) groups excluding carboxylic acids is 1. The van der Waals surface area contributed by atoms with Gasteiger partial charge in [-0.1, -0.05) is 12.1 Å². The maximum atomic E-state index is 12.4. The van der Waals surface area contributed by atoms with E-state index >= 15 is 0 Å². The van der Waals surface area contributed by atoms with Crippen molar-refractivity contribution in [1.29, 1.82) is 0 Å². The lowest BCUT2D eigenvalue weighted by Crippen LogP contribution is -2.23. The summed E-state index contributed by atoms with van der Waals surface area (Å²) >= 11 is 0. The van der Waals surface area contributed by atoms with Gasteiger partial charge in [-0.3, -0.25) is 9.78 Å². The number of rotatable bonds is 5. The number of ketones is 1. The number of Topliss-reactive ketones (excluding diaryl/α,β-unsaturated/α-hetero) is 1. The highest BCUT2D eigenvalue weighted by Gasteiger charge is 2.31. The number of allylic oxidation sites excluding steroid dienone is 2. The van der Waals surface area contributed by atoms with Crippen LogP contribution in [0, 0.1) is 0 Å². The van der Waals surface area contributed by atoms with Crippen LogP contribution in [0.3, 0.4) is 0 Å². The third-order valence-electron chi connectivity index (χ3n) is 3.54. The SMILES string of the molecule is CCO/N=C(/CC)C1=C(O)CC(c2ccncc2)CC1=O. The van der Waals surface area contributed by atoms with Crippen LogP contribution in [0.1, 0.15) is 44.6 Å². The van der Waals surface area contributed by atoms with Gasteiger partial charge in [0.25, 0.3) is 0 Å². The summed E-state index contributed by atoms with van der Waals surface area (Å²) in [5.41, 5.74) is 1.87. The molecule has 1 atom stereocenters. The van der Waals surface area contributed by atoms with Crippen molar-refractivity contribution >= 4 is 11.5 Å². The second kappa shape index (κ2) is 7.02. The lowest BCUT2D eigenvalue weighted by Gasteiger charge is -2.24. The zero-order valence-electron chi connectivity index (χ0n) is 12.4. The topological polar surface area (TPSA) is 71.8 Å². The van der Waals surface area contributed by atoms with Gasteiger partial charge < -0.3 is 9.94 Å². The molecule has 5 heteroatoms. The molecule has 1 aromatic heterocycles. The van der Waals surface area contributed by atoms with E-state index in [1.54, 1.807) is 12.4 Å². The van der Waals surface area contributed by atoms with Crippen molar-refractivity contribution in [3.8, 4) is 0 Å². The first-order valence-corrected chi connectivity index (χ1v) is 7.21. The van der Waals surface area contributed by atoms with Gasteiger partial charge in [0.2, 0.25) is 0 Å². The largest absolute Gasteiger partial charge is 0.511 e. The molecule has 1 unspecified atom stereocenters. The van der Waals surface area contributed by atoms with Crippen molar-refractivity contribution in [2.45, 2.75) is 39.0 Å². The van der Waals surface area contributed by atoms with Crippen molar-refractivity contribution in [3.05, 3.63) is 41.4 Å². The highest BCUT2D eigenvalue weighted by atomic mass is 16.6. The smallest absolute Gasteiger partial charge is 0.168 e. The number of hydrogen-bond donors (Lipinski definition) is 1. The molecule has 0 aliphatic heterocycles. The van der Waals surface area contributed by atoms with E-state index in [0.29, 0.717) is 37.2 Å². The van der Waals surface area contributed by atoms with E-state index in [1.807, 2.05) is 26.0 Å². The summed E-state index contributed by atoms with van der Waals surface area (Å²) in [5.74, 6) is 0.0173. The van der Waals surface area contributed by atoms with Crippen LogP contribution in [-0.2, 0) is 9.63 Å². The van der Waals surface area contributed by atoms with Crippen LogP contribution in [0.5, 0.6) is 0 Å². The Kier molecular flexibility index (Phi) is 5.09. The van der Waals surface area contributed by atoms with Gasteiger partial charge in [-0.05, 0) is 37.0 Å². The number of hydrogen-bond acceptors (Lipinski definition) is 5. The third kappa shape index (κ3) is 3.48. The number of carbonyl (C=O) groups is 1. The molecule has 0 bridgehead atoms. The van der Waals surface area contributed by atoms with Gasteiger partial charge in [0.1, 0.15) is 12.4 Å². The molecular formula is C16H20N2O3. The standard InChI is InChI=1S/C16H20N2O3/c1-3-13(18-21-4-2)16-14(19)9-12(10-15(16)20)11-5-7-17-8-6-11/h5-8,12,19H,3-4,9-10H2,1-2H3/b18-13-. The molecule has 1 aliphatic rings. The second-order valence-corrected chi connectivity index (χ2v) is 4.94. The van der Waals surface area contributed by atoms with Crippen molar-refractivity contribution in [2.24, 2.45) is 5.16 Å². The lowest BCUT2D eigenvalue weighted by atomic mass is 9.81. The minimum atomic E-state index is -0.0825. The Bertz CT molecular complexity index is 564. The fourth-order valence-electron chi connectivity index (χ4n) is 2.52. The van der Waals surface area contributed by atoms with Gasteiger partial charge in [-0.15, -0.1) is 0 Å². The van der Waals surface area contributed by atoms with Gasteiger partial charge in [0, 0.05) is 25.2 Å². The molecule has 0 aromatic carbocycles. The van der Waals surface area contributed by atoms with E-state index in [4.69, 9.17) is 4.84 Å². The average molecular weight is 288 g/mol. The van der Waals surface area contributed by atoms with Crippen LogP contribution in [0.4, 0.5) is 0 Å². The number of nitrogens with zero attached hydrogens (tertiary/aromatic N) is 2.